The highest BCUT2D eigenvalue weighted by Gasteiger charge is 2.24. The van der Waals surface area contributed by atoms with Gasteiger partial charge in [-0.1, -0.05) is 19.9 Å². The molecule has 8 heteroatoms. The van der Waals surface area contributed by atoms with E-state index in [1.165, 1.54) is 5.56 Å². The van der Waals surface area contributed by atoms with Gasteiger partial charge in [0.05, 0.1) is 18.6 Å². The van der Waals surface area contributed by atoms with E-state index in [2.05, 4.69) is 69.8 Å². The molecule has 0 amide bonds. The van der Waals surface area contributed by atoms with E-state index in [0.717, 1.165) is 69.9 Å². The van der Waals surface area contributed by atoms with Crippen LogP contribution in [0, 0.1) is 13.8 Å². The summed E-state index contributed by atoms with van der Waals surface area (Å²) in [5.74, 6) is 3.98. The number of hydrogen-bond donors (Lipinski definition) is 1. The lowest BCUT2D eigenvalue weighted by molar-refractivity contribution is 0.331. The molecular formula is C27H33N7O. The van der Waals surface area contributed by atoms with E-state index in [4.69, 9.17) is 14.7 Å². The maximum absolute atomic E-state index is 6.16. The lowest BCUT2D eigenvalue weighted by atomic mass is 10.0. The Balaban J connectivity index is 1.53. The molecule has 0 radical (unpaired) electrons. The predicted molar refractivity (Wildman–Crippen MR) is 139 cm³/mol. The number of nitrogens with one attached hydrogen (secondary N) is 1. The van der Waals surface area contributed by atoms with Gasteiger partial charge in [0.25, 0.3) is 0 Å². The molecule has 0 saturated heterocycles. The Labute approximate surface area is 206 Å². The first kappa shape index (κ1) is 23.2. The quantitative estimate of drug-likeness (QED) is 0.455. The summed E-state index contributed by atoms with van der Waals surface area (Å²) in [5.41, 5.74) is 7.23. The van der Waals surface area contributed by atoms with Gasteiger partial charge in [-0.2, -0.15) is 0 Å². The van der Waals surface area contributed by atoms with Crippen molar-refractivity contribution in [3.8, 4) is 16.9 Å². The van der Waals surface area contributed by atoms with Gasteiger partial charge in [0.15, 0.2) is 5.65 Å². The minimum absolute atomic E-state index is 0.323. The predicted octanol–water partition coefficient (Wildman–Crippen LogP) is 4.62. The van der Waals surface area contributed by atoms with Crippen LogP contribution in [0.1, 0.15) is 48.2 Å². The molecule has 0 atom stereocenters. The molecule has 1 N–H and O–H groups in total. The summed E-state index contributed by atoms with van der Waals surface area (Å²) in [6.45, 7) is 11.3. The molecule has 0 unspecified atom stereocenters. The van der Waals surface area contributed by atoms with E-state index in [9.17, 15) is 0 Å². The molecule has 0 fully saturated rings. The first-order chi connectivity index (χ1) is 16.8. The zero-order valence-electron chi connectivity index (χ0n) is 21.4. The van der Waals surface area contributed by atoms with Crippen molar-refractivity contribution in [2.24, 2.45) is 0 Å². The van der Waals surface area contributed by atoms with Crippen molar-refractivity contribution in [3.63, 3.8) is 0 Å². The number of fused-ring (bicyclic) bond motifs is 2. The zero-order valence-corrected chi connectivity index (χ0v) is 21.4. The second kappa shape index (κ2) is 9.26. The Hall–Kier alpha value is -3.52. The number of imidazole rings is 1. The van der Waals surface area contributed by atoms with Gasteiger partial charge in [0, 0.05) is 35.1 Å². The first-order valence-corrected chi connectivity index (χ1v) is 12.1. The normalized spacial score (nSPS) is 13.9. The second-order valence-corrected chi connectivity index (χ2v) is 9.86. The van der Waals surface area contributed by atoms with Gasteiger partial charge in [-0.3, -0.25) is 0 Å². The van der Waals surface area contributed by atoms with Crippen molar-refractivity contribution in [1.29, 1.82) is 0 Å². The lowest BCUT2D eigenvalue weighted by Crippen LogP contribution is -2.29. The highest BCUT2D eigenvalue weighted by atomic mass is 16.5. The van der Waals surface area contributed by atoms with Crippen molar-refractivity contribution in [1.82, 2.24) is 29.8 Å². The Morgan fingerprint density at radius 2 is 1.91 bits per heavy atom. The maximum Gasteiger partial charge on any atom is 0.177 e. The van der Waals surface area contributed by atoms with Crippen molar-refractivity contribution >= 4 is 17.0 Å². The van der Waals surface area contributed by atoms with E-state index in [1.807, 2.05) is 27.2 Å². The van der Waals surface area contributed by atoms with Crippen LogP contribution in [0.25, 0.3) is 22.3 Å². The summed E-state index contributed by atoms with van der Waals surface area (Å²) < 4.78 is 6.16. The molecule has 0 saturated carbocycles. The number of nitrogens with zero attached hydrogens (tertiary/aromatic N) is 6. The molecule has 1 aromatic carbocycles. The van der Waals surface area contributed by atoms with Crippen LogP contribution < -0.4 is 9.64 Å². The summed E-state index contributed by atoms with van der Waals surface area (Å²) in [6, 6.07) is 8.49. The third kappa shape index (κ3) is 4.71. The maximum atomic E-state index is 6.16. The van der Waals surface area contributed by atoms with Crippen LogP contribution in [-0.2, 0) is 13.1 Å². The molecule has 35 heavy (non-hydrogen) atoms. The highest BCUT2D eigenvalue weighted by molar-refractivity contribution is 5.78. The first-order valence-electron chi connectivity index (χ1n) is 12.1. The molecular weight excluding hydrogens is 438 g/mol. The van der Waals surface area contributed by atoms with E-state index in [1.54, 1.807) is 0 Å². The Morgan fingerprint density at radius 3 is 2.69 bits per heavy atom. The molecule has 0 aliphatic carbocycles. The minimum atomic E-state index is 0.323. The van der Waals surface area contributed by atoms with E-state index in [-0.39, 0.29) is 0 Å². The van der Waals surface area contributed by atoms with E-state index in [0.29, 0.717) is 19.1 Å². The Bertz CT molecular complexity index is 1380. The van der Waals surface area contributed by atoms with Crippen LogP contribution in [0.5, 0.6) is 5.75 Å². The number of aryl methyl sites for hydroxylation is 2. The van der Waals surface area contributed by atoms with Gasteiger partial charge in [-0.15, -0.1) is 0 Å². The molecule has 3 aromatic heterocycles. The van der Waals surface area contributed by atoms with Crippen LogP contribution in [-0.4, -0.2) is 57.1 Å². The number of hydrogen-bond acceptors (Lipinski definition) is 7. The zero-order chi connectivity index (χ0) is 24.7. The van der Waals surface area contributed by atoms with Crippen LogP contribution in [0.2, 0.25) is 0 Å². The molecule has 0 bridgehead atoms. The molecule has 4 heterocycles. The fourth-order valence-electron chi connectivity index (χ4n) is 4.83. The molecule has 1 aliphatic rings. The van der Waals surface area contributed by atoms with Gasteiger partial charge in [0.1, 0.15) is 29.8 Å². The summed E-state index contributed by atoms with van der Waals surface area (Å²) in [7, 11) is 4.09. The van der Waals surface area contributed by atoms with E-state index >= 15 is 0 Å². The van der Waals surface area contributed by atoms with Gasteiger partial charge < -0.3 is 19.5 Å². The molecule has 182 valence electrons. The van der Waals surface area contributed by atoms with E-state index < -0.39 is 0 Å². The lowest BCUT2D eigenvalue weighted by Gasteiger charge is -2.27. The summed E-state index contributed by atoms with van der Waals surface area (Å²) in [6.07, 6.45) is 1.89. The number of anilines is 1. The number of rotatable bonds is 5. The summed E-state index contributed by atoms with van der Waals surface area (Å²) >= 11 is 0. The monoisotopic (exact) mass is 471 g/mol. The van der Waals surface area contributed by atoms with Gasteiger partial charge in [-0.05, 0) is 57.6 Å². The third-order valence-corrected chi connectivity index (χ3v) is 6.33. The fraction of sp³-hybridized carbons (Fsp3) is 0.407. The Kier molecular flexibility index (Phi) is 6.15. The number of pyridine rings is 1. The smallest absolute Gasteiger partial charge is 0.177 e. The number of benzene rings is 1. The highest BCUT2D eigenvalue weighted by Crippen LogP contribution is 2.34. The van der Waals surface area contributed by atoms with Crippen molar-refractivity contribution in [2.45, 2.75) is 46.7 Å². The van der Waals surface area contributed by atoms with Crippen molar-refractivity contribution < 1.29 is 4.74 Å². The van der Waals surface area contributed by atoms with Crippen LogP contribution in [0.15, 0.2) is 30.5 Å². The number of aromatic nitrogens is 5. The van der Waals surface area contributed by atoms with Crippen LogP contribution in [0.3, 0.4) is 0 Å². The SMILES string of the molecule is Cc1nc2ncc(-c3ccc4c(c3)CN(c3nc(CN(C)C)nc(C)c3C(C)C)CCO4)cc2[nH]1. The average Bonchev–Trinajstić information content (AvgIpc) is 3.03. The van der Waals surface area contributed by atoms with Crippen molar-refractivity contribution in [2.75, 3.05) is 32.1 Å². The van der Waals surface area contributed by atoms with Gasteiger partial charge in [-0.25, -0.2) is 19.9 Å². The molecule has 1 aliphatic heterocycles. The van der Waals surface area contributed by atoms with Gasteiger partial charge >= 0.3 is 0 Å². The minimum Gasteiger partial charge on any atom is -0.491 e. The Morgan fingerprint density at radius 1 is 1.09 bits per heavy atom. The largest absolute Gasteiger partial charge is 0.491 e. The molecule has 0 spiro atoms. The standard InChI is InChI=1S/C27H33N7O/c1-16(2)25-17(3)29-24(15-33(5)6)32-27(25)34-9-10-35-23-8-7-19(11-21(23)14-34)20-12-22-26(28-13-20)31-18(4)30-22/h7-8,11-13,16H,9-10,14-15H2,1-6H3,(H,28,30,31). The third-order valence-electron chi connectivity index (χ3n) is 6.33. The average molecular weight is 472 g/mol. The number of aromatic amines is 1. The van der Waals surface area contributed by atoms with Crippen LogP contribution >= 0.6 is 0 Å². The fourth-order valence-corrected chi connectivity index (χ4v) is 4.83. The molecule has 4 aromatic rings. The second-order valence-electron chi connectivity index (χ2n) is 9.86. The number of H-pyrrole nitrogens is 1. The van der Waals surface area contributed by atoms with Gasteiger partial charge in [0.2, 0.25) is 0 Å². The topological polar surface area (TPSA) is 83.1 Å². The number of ether oxygens (including phenoxy) is 1. The van der Waals surface area contributed by atoms with Crippen molar-refractivity contribution in [3.05, 3.63) is 58.9 Å². The summed E-state index contributed by atoms with van der Waals surface area (Å²) in [5, 5.41) is 0. The molecule has 5 rings (SSSR count). The molecule has 8 nitrogen and oxygen atoms in total. The van der Waals surface area contributed by atoms with Crippen LogP contribution in [0.4, 0.5) is 5.82 Å². The summed E-state index contributed by atoms with van der Waals surface area (Å²) in [4.78, 5) is 26.6.